The third kappa shape index (κ3) is 2.74. The van der Waals surface area contributed by atoms with Crippen LogP contribution in [0.5, 0.6) is 0 Å². The molecule has 10 nitrogen and oxygen atoms in total. The highest BCUT2D eigenvalue weighted by Crippen LogP contribution is 2.37. The van der Waals surface area contributed by atoms with Crippen molar-refractivity contribution in [3.8, 4) is 0 Å². The molecule has 0 saturated carbocycles. The van der Waals surface area contributed by atoms with Crippen molar-refractivity contribution in [1.82, 2.24) is 0 Å². The summed E-state index contributed by atoms with van der Waals surface area (Å²) in [5, 5.41) is 17.1. The van der Waals surface area contributed by atoms with Crippen molar-refractivity contribution in [2.45, 2.75) is 50.3 Å². The van der Waals surface area contributed by atoms with Gasteiger partial charge in [-0.1, -0.05) is 10.2 Å². The Morgan fingerprint density at radius 1 is 1.26 bits per heavy atom. The number of nitrogens with zero attached hydrogens (tertiary/aromatic N) is 6. The summed E-state index contributed by atoms with van der Waals surface area (Å²) in [7, 11) is 0. The van der Waals surface area contributed by atoms with E-state index in [2.05, 4.69) is 20.1 Å². The average Bonchev–Trinajstić information content (AvgIpc) is 2.66. The second-order valence-electron chi connectivity index (χ2n) is 4.74. The van der Waals surface area contributed by atoms with Crippen LogP contribution in [0.1, 0.15) is 13.8 Å². The summed E-state index contributed by atoms with van der Waals surface area (Å²) in [5.41, 5.74) is 16.9. The van der Waals surface area contributed by atoms with E-state index in [1.807, 2.05) is 0 Å². The largest absolute Gasteiger partial charge is 0.390 e. The molecule has 0 amide bonds. The summed E-state index contributed by atoms with van der Waals surface area (Å²) in [6.07, 6.45) is -3.36. The lowest BCUT2D eigenvalue weighted by Gasteiger charge is -2.37. The van der Waals surface area contributed by atoms with Crippen molar-refractivity contribution >= 4 is 0 Å². The summed E-state index contributed by atoms with van der Waals surface area (Å²) in [4.78, 5) is 5.29. The van der Waals surface area contributed by atoms with Gasteiger partial charge in [0.25, 0.3) is 0 Å². The maximum Gasteiger partial charge on any atom is 0.190 e. The van der Waals surface area contributed by atoms with Crippen molar-refractivity contribution in [3.63, 3.8) is 0 Å². The smallest absolute Gasteiger partial charge is 0.190 e. The molecule has 2 heterocycles. The van der Waals surface area contributed by atoms with Crippen LogP contribution >= 0.6 is 0 Å². The van der Waals surface area contributed by atoms with Gasteiger partial charge >= 0.3 is 0 Å². The first kappa shape index (κ1) is 13.9. The molecule has 1 N–H and O–H groups in total. The van der Waals surface area contributed by atoms with Crippen molar-refractivity contribution in [3.05, 3.63) is 20.9 Å². The molecule has 0 aromatic rings. The average molecular weight is 270 g/mol. The number of hydrogen-bond donors (Lipinski definition) is 1. The molecule has 0 bridgehead atoms. The molecule has 0 spiro atoms. The Hall–Kier alpha value is -1.54. The first-order valence-electron chi connectivity index (χ1n) is 5.73. The third-order valence-corrected chi connectivity index (χ3v) is 2.97. The van der Waals surface area contributed by atoms with E-state index in [0.29, 0.717) is 0 Å². The monoisotopic (exact) mass is 270 g/mol. The molecule has 2 fully saturated rings. The maximum atomic E-state index is 10.2. The van der Waals surface area contributed by atoms with Gasteiger partial charge in [0.1, 0.15) is 6.10 Å². The van der Waals surface area contributed by atoms with Gasteiger partial charge in [0, 0.05) is 9.82 Å². The van der Waals surface area contributed by atoms with Crippen LogP contribution in [0.2, 0.25) is 0 Å². The third-order valence-electron chi connectivity index (χ3n) is 2.97. The number of aliphatic hydroxyl groups is 1. The van der Waals surface area contributed by atoms with E-state index >= 15 is 0 Å². The molecule has 104 valence electrons. The molecule has 2 aliphatic heterocycles. The molecule has 0 aliphatic carbocycles. The number of ether oxygens (including phenoxy) is 3. The van der Waals surface area contributed by atoms with Crippen LogP contribution in [0, 0.1) is 0 Å². The lowest BCUT2D eigenvalue weighted by Crippen LogP contribution is -2.56. The molecule has 0 aromatic heterocycles. The Kier molecular flexibility index (Phi) is 3.81. The lowest BCUT2D eigenvalue weighted by atomic mass is 9.97. The zero-order chi connectivity index (χ0) is 14.0. The fraction of sp³-hybridized carbons (Fsp3) is 1.00. The molecule has 10 heteroatoms. The van der Waals surface area contributed by atoms with Gasteiger partial charge in [-0.25, -0.2) is 0 Å². The SMILES string of the molecule is CC1(C)O[C@@H]2O[C@@H](CN=[N+]=[N-])[C@H](N=[N+]=[N-])[C@H](O)[C@@H]2O1. The molecule has 2 rings (SSSR count). The number of azide groups is 2. The zero-order valence-electron chi connectivity index (χ0n) is 10.4. The Labute approximate surface area is 108 Å². The number of aliphatic hydroxyl groups excluding tert-OH is 1. The highest BCUT2D eigenvalue weighted by atomic mass is 16.8. The van der Waals surface area contributed by atoms with Crippen LogP contribution < -0.4 is 0 Å². The summed E-state index contributed by atoms with van der Waals surface area (Å²) < 4.78 is 16.5. The van der Waals surface area contributed by atoms with Crippen LogP contribution in [-0.2, 0) is 14.2 Å². The van der Waals surface area contributed by atoms with E-state index in [-0.39, 0.29) is 6.54 Å². The van der Waals surface area contributed by atoms with Crippen LogP contribution in [0.15, 0.2) is 10.2 Å². The highest BCUT2D eigenvalue weighted by molar-refractivity contribution is 4.98. The number of hydrogen-bond acceptors (Lipinski definition) is 6. The van der Waals surface area contributed by atoms with Crippen molar-refractivity contribution < 1.29 is 19.3 Å². The Bertz CT molecular complexity index is 444. The van der Waals surface area contributed by atoms with E-state index in [1.165, 1.54) is 0 Å². The number of rotatable bonds is 3. The van der Waals surface area contributed by atoms with Gasteiger partial charge in [-0.3, -0.25) is 0 Å². The Morgan fingerprint density at radius 2 is 2.00 bits per heavy atom. The summed E-state index contributed by atoms with van der Waals surface area (Å²) in [5.74, 6) is -0.898. The van der Waals surface area contributed by atoms with Gasteiger partial charge in [0.05, 0.1) is 24.8 Å². The number of fused-ring (bicyclic) bond motifs is 1. The molecule has 2 saturated heterocycles. The van der Waals surface area contributed by atoms with Crippen molar-refractivity contribution in [2.75, 3.05) is 6.54 Å². The topological polar surface area (TPSA) is 145 Å². The minimum absolute atomic E-state index is 0.0652. The van der Waals surface area contributed by atoms with Crippen LogP contribution in [0.4, 0.5) is 0 Å². The summed E-state index contributed by atoms with van der Waals surface area (Å²) >= 11 is 0. The summed E-state index contributed by atoms with van der Waals surface area (Å²) in [6, 6.07) is -0.894. The highest BCUT2D eigenvalue weighted by Gasteiger charge is 2.53. The first-order chi connectivity index (χ1) is 8.98. The van der Waals surface area contributed by atoms with Crippen LogP contribution in [0.3, 0.4) is 0 Å². The fourth-order valence-electron chi connectivity index (χ4n) is 2.23. The normalized spacial score (nSPS) is 39.8. The molecular formula is C9H14N6O4. The van der Waals surface area contributed by atoms with E-state index in [0.717, 1.165) is 0 Å². The molecule has 5 atom stereocenters. The second kappa shape index (κ2) is 5.22. The van der Waals surface area contributed by atoms with E-state index in [4.69, 9.17) is 25.3 Å². The predicted octanol–water partition coefficient (Wildman–Crippen LogP) is 1.21. The summed E-state index contributed by atoms with van der Waals surface area (Å²) in [6.45, 7) is 3.31. The Balaban J connectivity index is 2.22. The standard InChI is InChI=1S/C9H14N6O4/c1-9(2)18-7-6(16)5(13-15-11)4(3-12-14-10)17-8(7)19-9/h4-8,16H,3H2,1-2H3/t4-,5-,6-,7-,8-/m0/s1. The van der Waals surface area contributed by atoms with Crippen LogP contribution in [-0.4, -0.2) is 48.1 Å². The van der Waals surface area contributed by atoms with Crippen molar-refractivity contribution in [1.29, 1.82) is 0 Å². The second-order valence-corrected chi connectivity index (χ2v) is 4.74. The minimum atomic E-state index is -1.09. The molecule has 2 aliphatic rings. The molecule has 0 unspecified atom stereocenters. The van der Waals surface area contributed by atoms with E-state index in [1.54, 1.807) is 13.8 Å². The van der Waals surface area contributed by atoms with E-state index < -0.39 is 36.4 Å². The first-order valence-corrected chi connectivity index (χ1v) is 5.73. The van der Waals surface area contributed by atoms with Crippen LogP contribution in [0.25, 0.3) is 20.9 Å². The minimum Gasteiger partial charge on any atom is -0.390 e. The van der Waals surface area contributed by atoms with E-state index in [9.17, 15) is 5.11 Å². The Morgan fingerprint density at radius 3 is 2.63 bits per heavy atom. The van der Waals surface area contributed by atoms with Gasteiger partial charge in [-0.05, 0) is 24.9 Å². The quantitative estimate of drug-likeness (QED) is 0.466. The van der Waals surface area contributed by atoms with Crippen molar-refractivity contribution in [2.24, 2.45) is 10.2 Å². The van der Waals surface area contributed by atoms with Gasteiger partial charge in [0.2, 0.25) is 0 Å². The fourth-order valence-corrected chi connectivity index (χ4v) is 2.23. The van der Waals surface area contributed by atoms with Gasteiger partial charge < -0.3 is 19.3 Å². The molecule has 0 radical (unpaired) electrons. The zero-order valence-corrected chi connectivity index (χ0v) is 10.4. The van der Waals surface area contributed by atoms with Gasteiger partial charge in [-0.2, -0.15) is 0 Å². The lowest BCUT2D eigenvalue weighted by molar-refractivity contribution is -0.221. The van der Waals surface area contributed by atoms with Gasteiger partial charge in [0.15, 0.2) is 12.1 Å². The maximum absolute atomic E-state index is 10.2. The molecule has 19 heavy (non-hydrogen) atoms. The predicted molar refractivity (Wildman–Crippen MR) is 61.7 cm³/mol. The molecular weight excluding hydrogens is 256 g/mol. The van der Waals surface area contributed by atoms with Gasteiger partial charge in [-0.15, -0.1) is 0 Å². The molecule has 0 aromatic carbocycles.